The molecule has 1 aliphatic heterocycles. The highest BCUT2D eigenvalue weighted by atomic mass is 35.5. The van der Waals surface area contributed by atoms with Gasteiger partial charge in [-0.05, 0) is 31.0 Å². The smallest absolute Gasteiger partial charge is 0.239 e. The highest BCUT2D eigenvalue weighted by molar-refractivity contribution is 7.92. The number of ether oxygens (including phenoxy) is 1. The number of nitrogens with one attached hydrogen (secondary N) is 1. The van der Waals surface area contributed by atoms with E-state index in [1.165, 1.54) is 6.07 Å². The molecule has 2 rings (SSSR count). The van der Waals surface area contributed by atoms with Gasteiger partial charge in [-0.1, -0.05) is 11.6 Å². The Kier molecular flexibility index (Phi) is 5.08. The standard InChI is InChI=1S/C13H17ClN2O4S/c14-9-3-4-11(15)12(6-9)16-13(17)8-21(18,19)7-10-2-1-5-20-10/h3-4,6,10H,1-2,5,7-8,15H2,(H,16,17). The van der Waals surface area contributed by atoms with E-state index in [0.29, 0.717) is 29.4 Å². The third-order valence-electron chi connectivity index (χ3n) is 3.10. The van der Waals surface area contributed by atoms with Crippen LogP contribution < -0.4 is 11.1 Å². The average Bonchev–Trinajstić information content (AvgIpc) is 2.84. The van der Waals surface area contributed by atoms with E-state index < -0.39 is 21.5 Å². The molecule has 1 atom stereocenters. The molecule has 1 heterocycles. The maximum atomic E-state index is 11.9. The number of sulfone groups is 1. The van der Waals surface area contributed by atoms with Crippen molar-refractivity contribution >= 4 is 38.7 Å². The minimum atomic E-state index is -3.52. The van der Waals surface area contributed by atoms with Crippen molar-refractivity contribution in [2.45, 2.75) is 18.9 Å². The van der Waals surface area contributed by atoms with Crippen LogP contribution in [0.25, 0.3) is 0 Å². The molecule has 1 aromatic rings. The highest BCUT2D eigenvalue weighted by Gasteiger charge is 2.25. The zero-order valence-electron chi connectivity index (χ0n) is 11.3. The van der Waals surface area contributed by atoms with Crippen LogP contribution in [0.5, 0.6) is 0 Å². The van der Waals surface area contributed by atoms with Crippen LogP contribution in [0.3, 0.4) is 0 Å². The Labute approximate surface area is 128 Å². The second-order valence-electron chi connectivity index (χ2n) is 4.97. The van der Waals surface area contributed by atoms with Crippen molar-refractivity contribution < 1.29 is 17.9 Å². The minimum absolute atomic E-state index is 0.133. The van der Waals surface area contributed by atoms with E-state index in [-0.39, 0.29) is 11.9 Å². The number of nitrogen functional groups attached to an aromatic ring is 1. The van der Waals surface area contributed by atoms with Crippen molar-refractivity contribution in [2.24, 2.45) is 0 Å². The molecule has 0 saturated carbocycles. The number of amides is 1. The number of carbonyl (C=O) groups is 1. The maximum Gasteiger partial charge on any atom is 0.239 e. The number of carbonyl (C=O) groups excluding carboxylic acids is 1. The van der Waals surface area contributed by atoms with Gasteiger partial charge in [0.05, 0.1) is 23.2 Å². The zero-order chi connectivity index (χ0) is 15.5. The zero-order valence-corrected chi connectivity index (χ0v) is 12.9. The molecule has 1 saturated heterocycles. The molecule has 3 N–H and O–H groups in total. The van der Waals surface area contributed by atoms with Gasteiger partial charge in [0.1, 0.15) is 5.75 Å². The lowest BCUT2D eigenvalue weighted by Crippen LogP contribution is -2.29. The lowest BCUT2D eigenvalue weighted by Gasteiger charge is -2.11. The normalized spacial score (nSPS) is 18.6. The van der Waals surface area contributed by atoms with Gasteiger partial charge >= 0.3 is 0 Å². The predicted molar refractivity (Wildman–Crippen MR) is 82.1 cm³/mol. The van der Waals surface area contributed by atoms with Gasteiger partial charge in [-0.2, -0.15) is 0 Å². The van der Waals surface area contributed by atoms with Gasteiger partial charge in [0.2, 0.25) is 5.91 Å². The first kappa shape index (κ1) is 16.1. The summed E-state index contributed by atoms with van der Waals surface area (Å²) >= 11 is 5.81. The van der Waals surface area contributed by atoms with E-state index in [1.54, 1.807) is 12.1 Å². The Balaban J connectivity index is 1.95. The number of anilines is 2. The van der Waals surface area contributed by atoms with Crippen molar-refractivity contribution in [3.8, 4) is 0 Å². The van der Waals surface area contributed by atoms with Gasteiger partial charge in [0.25, 0.3) is 0 Å². The third kappa shape index (κ3) is 4.87. The van der Waals surface area contributed by atoms with Crippen molar-refractivity contribution in [1.82, 2.24) is 0 Å². The quantitative estimate of drug-likeness (QED) is 0.795. The molecule has 1 unspecified atom stereocenters. The minimum Gasteiger partial charge on any atom is -0.397 e. The predicted octanol–water partition coefficient (Wildman–Crippen LogP) is 1.45. The molecule has 1 amide bonds. The monoisotopic (exact) mass is 332 g/mol. The summed E-state index contributed by atoms with van der Waals surface area (Å²) in [6, 6.07) is 4.60. The van der Waals surface area contributed by atoms with E-state index in [1.807, 2.05) is 0 Å². The molecule has 21 heavy (non-hydrogen) atoms. The van der Waals surface area contributed by atoms with E-state index in [4.69, 9.17) is 22.1 Å². The van der Waals surface area contributed by atoms with Crippen LogP contribution >= 0.6 is 11.6 Å². The fourth-order valence-electron chi connectivity index (χ4n) is 2.14. The fraction of sp³-hybridized carbons (Fsp3) is 0.462. The largest absolute Gasteiger partial charge is 0.397 e. The van der Waals surface area contributed by atoms with E-state index >= 15 is 0 Å². The number of benzene rings is 1. The first-order chi connectivity index (χ1) is 9.85. The van der Waals surface area contributed by atoms with E-state index in [9.17, 15) is 13.2 Å². The van der Waals surface area contributed by atoms with Gasteiger partial charge in [-0.15, -0.1) is 0 Å². The van der Waals surface area contributed by atoms with Gasteiger partial charge in [0.15, 0.2) is 9.84 Å². The van der Waals surface area contributed by atoms with Crippen molar-refractivity contribution in [2.75, 3.05) is 29.2 Å². The Morgan fingerprint density at radius 3 is 2.90 bits per heavy atom. The Morgan fingerprint density at radius 1 is 1.48 bits per heavy atom. The van der Waals surface area contributed by atoms with Gasteiger partial charge in [-0.25, -0.2) is 8.42 Å². The summed E-state index contributed by atoms with van der Waals surface area (Å²) in [6.45, 7) is 0.575. The van der Waals surface area contributed by atoms with Crippen LogP contribution in [0.15, 0.2) is 18.2 Å². The second-order valence-corrected chi connectivity index (χ2v) is 7.51. The highest BCUT2D eigenvalue weighted by Crippen LogP contribution is 2.23. The first-order valence-corrected chi connectivity index (χ1v) is 8.72. The van der Waals surface area contributed by atoms with Crippen LogP contribution in [0.4, 0.5) is 11.4 Å². The number of hydrogen-bond donors (Lipinski definition) is 2. The van der Waals surface area contributed by atoms with E-state index in [0.717, 1.165) is 6.42 Å². The van der Waals surface area contributed by atoms with Gasteiger partial charge in [0, 0.05) is 11.6 Å². The molecule has 1 aromatic carbocycles. The molecule has 0 aromatic heterocycles. The Hall–Kier alpha value is -1.31. The lowest BCUT2D eigenvalue weighted by atomic mass is 10.2. The van der Waals surface area contributed by atoms with Crippen molar-refractivity contribution in [3.05, 3.63) is 23.2 Å². The summed E-state index contributed by atoms with van der Waals surface area (Å²) < 4.78 is 29.2. The number of rotatable bonds is 5. The van der Waals surface area contributed by atoms with Gasteiger partial charge < -0.3 is 15.8 Å². The van der Waals surface area contributed by atoms with Crippen molar-refractivity contribution in [1.29, 1.82) is 0 Å². The Bertz CT molecular complexity index is 627. The molecule has 8 heteroatoms. The molecular formula is C13H17ClN2O4S. The van der Waals surface area contributed by atoms with Crippen LogP contribution in [0, 0.1) is 0 Å². The SMILES string of the molecule is Nc1ccc(Cl)cc1NC(=O)CS(=O)(=O)CC1CCCO1. The summed E-state index contributed by atoms with van der Waals surface area (Å²) in [6.07, 6.45) is 1.26. The summed E-state index contributed by atoms with van der Waals surface area (Å²) in [5.74, 6) is -1.37. The summed E-state index contributed by atoms with van der Waals surface area (Å²) in [7, 11) is -3.52. The second kappa shape index (κ2) is 6.64. The van der Waals surface area contributed by atoms with Crippen LogP contribution in [-0.4, -0.2) is 38.5 Å². The summed E-state index contributed by atoms with van der Waals surface area (Å²) in [5, 5.41) is 2.87. The van der Waals surface area contributed by atoms with Crippen LogP contribution in [0.2, 0.25) is 5.02 Å². The molecule has 6 nitrogen and oxygen atoms in total. The van der Waals surface area contributed by atoms with E-state index in [2.05, 4.69) is 5.32 Å². The van der Waals surface area contributed by atoms with Crippen LogP contribution in [0.1, 0.15) is 12.8 Å². The molecular weight excluding hydrogens is 316 g/mol. The number of hydrogen-bond acceptors (Lipinski definition) is 5. The third-order valence-corrected chi connectivity index (χ3v) is 4.92. The molecule has 1 aliphatic rings. The average molecular weight is 333 g/mol. The molecule has 0 radical (unpaired) electrons. The topological polar surface area (TPSA) is 98.5 Å². The molecule has 0 bridgehead atoms. The van der Waals surface area contributed by atoms with Gasteiger partial charge in [-0.3, -0.25) is 4.79 Å². The molecule has 1 fully saturated rings. The number of halogens is 1. The number of nitrogens with two attached hydrogens (primary N) is 1. The molecule has 116 valence electrons. The molecule has 0 aliphatic carbocycles. The fourth-order valence-corrected chi connectivity index (χ4v) is 3.73. The molecule has 0 spiro atoms. The maximum absolute atomic E-state index is 11.9. The first-order valence-electron chi connectivity index (χ1n) is 6.52. The lowest BCUT2D eigenvalue weighted by molar-refractivity contribution is -0.113. The summed E-state index contributed by atoms with van der Waals surface area (Å²) in [4.78, 5) is 11.8. The Morgan fingerprint density at radius 2 is 2.24 bits per heavy atom. The van der Waals surface area contributed by atoms with Crippen molar-refractivity contribution in [3.63, 3.8) is 0 Å². The summed E-state index contributed by atoms with van der Waals surface area (Å²) in [5.41, 5.74) is 6.32. The van der Waals surface area contributed by atoms with Crippen LogP contribution in [-0.2, 0) is 19.4 Å².